The maximum absolute atomic E-state index is 12.9. The quantitative estimate of drug-likeness (QED) is 0.682. The van der Waals surface area contributed by atoms with Crippen molar-refractivity contribution in [2.75, 3.05) is 0 Å². The third kappa shape index (κ3) is 3.50. The number of nitro groups is 1. The van der Waals surface area contributed by atoms with Crippen LogP contribution >= 0.6 is 0 Å². The molecule has 2 unspecified atom stereocenters. The van der Waals surface area contributed by atoms with Crippen molar-refractivity contribution in [3.63, 3.8) is 0 Å². The van der Waals surface area contributed by atoms with Gasteiger partial charge in [-0.3, -0.25) is 10.1 Å². The van der Waals surface area contributed by atoms with Crippen molar-refractivity contribution < 1.29 is 22.5 Å². The monoisotopic (exact) mass is 292 g/mol. The molecule has 0 aromatic carbocycles. The molecule has 0 saturated heterocycles. The third-order valence-electron chi connectivity index (χ3n) is 3.55. The molecule has 0 bridgehead atoms. The zero-order valence-corrected chi connectivity index (χ0v) is 10.7. The van der Waals surface area contributed by atoms with Gasteiger partial charge in [-0.15, -0.1) is 0 Å². The number of furan rings is 1. The van der Waals surface area contributed by atoms with Crippen LogP contribution in [0.2, 0.25) is 0 Å². The standard InChI is InChI=1S/C12H15F3N2O3/c13-12(14,15)9-3-1-2-4-10(9)16-7-8-5-6-11(20-8)17(18)19/h5-6,9-10,16H,1-4,7H2. The zero-order valence-electron chi connectivity index (χ0n) is 10.7. The molecule has 8 heteroatoms. The van der Waals surface area contributed by atoms with Crippen LogP contribution in [0.3, 0.4) is 0 Å². The minimum absolute atomic E-state index is 0.0606. The summed E-state index contributed by atoms with van der Waals surface area (Å²) in [5.74, 6) is -1.50. The van der Waals surface area contributed by atoms with E-state index in [2.05, 4.69) is 5.32 Å². The molecule has 20 heavy (non-hydrogen) atoms. The molecule has 0 amide bonds. The Hall–Kier alpha value is -1.57. The van der Waals surface area contributed by atoms with Crippen LogP contribution in [-0.4, -0.2) is 17.1 Å². The van der Waals surface area contributed by atoms with E-state index < -0.39 is 28.9 Å². The highest BCUT2D eigenvalue weighted by atomic mass is 19.4. The van der Waals surface area contributed by atoms with Gasteiger partial charge in [0.05, 0.1) is 18.5 Å². The maximum Gasteiger partial charge on any atom is 0.433 e. The van der Waals surface area contributed by atoms with Gasteiger partial charge in [0.2, 0.25) is 0 Å². The van der Waals surface area contributed by atoms with Crippen molar-refractivity contribution in [2.24, 2.45) is 5.92 Å². The molecule has 2 rings (SSSR count). The molecule has 1 aromatic heterocycles. The Morgan fingerprint density at radius 1 is 1.35 bits per heavy atom. The van der Waals surface area contributed by atoms with Gasteiger partial charge in [-0.1, -0.05) is 12.8 Å². The van der Waals surface area contributed by atoms with E-state index in [1.165, 1.54) is 12.1 Å². The van der Waals surface area contributed by atoms with Gasteiger partial charge in [0.1, 0.15) is 10.7 Å². The summed E-state index contributed by atoms with van der Waals surface area (Å²) in [6.07, 6.45) is -2.31. The molecule has 1 fully saturated rings. The average Bonchev–Trinajstić information content (AvgIpc) is 2.84. The molecule has 0 radical (unpaired) electrons. The van der Waals surface area contributed by atoms with Crippen molar-refractivity contribution in [1.82, 2.24) is 5.32 Å². The van der Waals surface area contributed by atoms with Crippen LogP contribution < -0.4 is 5.32 Å². The van der Waals surface area contributed by atoms with Gasteiger partial charge in [-0.25, -0.2) is 0 Å². The smallest absolute Gasteiger partial charge is 0.404 e. The van der Waals surface area contributed by atoms with E-state index >= 15 is 0 Å². The first-order valence-electron chi connectivity index (χ1n) is 6.41. The Morgan fingerprint density at radius 3 is 2.65 bits per heavy atom. The Labute approximate surface area is 113 Å². The highest BCUT2D eigenvalue weighted by Gasteiger charge is 2.45. The summed E-state index contributed by atoms with van der Waals surface area (Å²) in [4.78, 5) is 9.77. The van der Waals surface area contributed by atoms with E-state index in [4.69, 9.17) is 4.42 Å². The van der Waals surface area contributed by atoms with Gasteiger partial charge >= 0.3 is 12.1 Å². The minimum Gasteiger partial charge on any atom is -0.404 e. The Balaban J connectivity index is 1.95. The second-order valence-electron chi connectivity index (χ2n) is 4.92. The maximum atomic E-state index is 12.9. The molecular formula is C12H15F3N2O3. The largest absolute Gasteiger partial charge is 0.433 e. The van der Waals surface area contributed by atoms with Crippen LogP contribution in [0.25, 0.3) is 0 Å². The van der Waals surface area contributed by atoms with Crippen LogP contribution in [0, 0.1) is 16.0 Å². The lowest BCUT2D eigenvalue weighted by molar-refractivity contribution is -0.402. The predicted octanol–water partition coefficient (Wildman–Crippen LogP) is 3.40. The van der Waals surface area contributed by atoms with E-state index in [9.17, 15) is 23.3 Å². The Bertz CT molecular complexity index is 473. The highest BCUT2D eigenvalue weighted by molar-refractivity contribution is 5.17. The second-order valence-corrected chi connectivity index (χ2v) is 4.92. The van der Waals surface area contributed by atoms with Gasteiger partial charge in [0.25, 0.3) is 0 Å². The fraction of sp³-hybridized carbons (Fsp3) is 0.667. The molecule has 1 aliphatic carbocycles. The molecule has 0 aliphatic heterocycles. The molecule has 2 atom stereocenters. The van der Waals surface area contributed by atoms with E-state index in [0.29, 0.717) is 12.8 Å². The summed E-state index contributed by atoms with van der Waals surface area (Å²) < 4.78 is 43.5. The molecular weight excluding hydrogens is 277 g/mol. The topological polar surface area (TPSA) is 68.3 Å². The van der Waals surface area contributed by atoms with Crippen LogP contribution in [-0.2, 0) is 6.54 Å². The highest BCUT2D eigenvalue weighted by Crippen LogP contribution is 2.37. The van der Waals surface area contributed by atoms with Crippen molar-refractivity contribution in [1.29, 1.82) is 0 Å². The van der Waals surface area contributed by atoms with Crippen molar-refractivity contribution in [2.45, 2.75) is 44.4 Å². The third-order valence-corrected chi connectivity index (χ3v) is 3.55. The summed E-state index contributed by atoms with van der Waals surface area (Å²) in [5.41, 5.74) is 0. The van der Waals surface area contributed by atoms with Gasteiger partial charge < -0.3 is 9.73 Å². The number of nitrogens with zero attached hydrogens (tertiary/aromatic N) is 1. The molecule has 1 saturated carbocycles. The molecule has 0 spiro atoms. The Kier molecular flexibility index (Phi) is 4.32. The van der Waals surface area contributed by atoms with E-state index in [1.807, 2.05) is 0 Å². The summed E-state index contributed by atoms with van der Waals surface area (Å²) in [7, 11) is 0. The lowest BCUT2D eigenvalue weighted by Crippen LogP contribution is -2.45. The number of hydrogen-bond acceptors (Lipinski definition) is 4. The normalized spacial score (nSPS) is 23.8. The second kappa shape index (κ2) is 5.82. The fourth-order valence-corrected chi connectivity index (χ4v) is 2.56. The van der Waals surface area contributed by atoms with E-state index in [0.717, 1.165) is 6.42 Å². The zero-order chi connectivity index (χ0) is 14.8. The van der Waals surface area contributed by atoms with Gasteiger partial charge in [0, 0.05) is 6.04 Å². The molecule has 1 heterocycles. The van der Waals surface area contributed by atoms with Crippen LogP contribution in [0.5, 0.6) is 0 Å². The summed E-state index contributed by atoms with van der Waals surface area (Å²) in [6, 6.07) is 1.93. The molecule has 1 aliphatic rings. The Morgan fingerprint density at radius 2 is 2.05 bits per heavy atom. The number of hydrogen-bond donors (Lipinski definition) is 1. The van der Waals surface area contributed by atoms with Crippen molar-refractivity contribution in [3.8, 4) is 0 Å². The van der Waals surface area contributed by atoms with Crippen molar-refractivity contribution >= 4 is 5.88 Å². The summed E-state index contributed by atoms with van der Waals surface area (Å²) >= 11 is 0. The fourth-order valence-electron chi connectivity index (χ4n) is 2.56. The lowest BCUT2D eigenvalue weighted by Gasteiger charge is -2.33. The SMILES string of the molecule is O=[N+]([O-])c1ccc(CNC2CCCCC2C(F)(F)F)o1. The van der Waals surface area contributed by atoms with E-state index in [1.54, 1.807) is 0 Å². The first kappa shape index (κ1) is 14.8. The number of halogens is 3. The number of rotatable bonds is 4. The van der Waals surface area contributed by atoms with E-state index in [-0.39, 0.29) is 18.7 Å². The van der Waals surface area contributed by atoms with Gasteiger partial charge in [-0.05, 0) is 18.9 Å². The van der Waals surface area contributed by atoms with Gasteiger partial charge in [0.15, 0.2) is 0 Å². The van der Waals surface area contributed by atoms with Crippen LogP contribution in [0.4, 0.5) is 19.1 Å². The number of nitrogens with one attached hydrogen (secondary N) is 1. The average molecular weight is 292 g/mol. The predicted molar refractivity (Wildman–Crippen MR) is 64.0 cm³/mol. The number of alkyl halides is 3. The molecule has 5 nitrogen and oxygen atoms in total. The molecule has 112 valence electrons. The minimum atomic E-state index is -4.22. The first-order chi connectivity index (χ1) is 9.38. The van der Waals surface area contributed by atoms with Gasteiger partial charge in [-0.2, -0.15) is 13.2 Å². The van der Waals surface area contributed by atoms with Crippen LogP contribution in [0.1, 0.15) is 31.4 Å². The summed E-state index contributed by atoms with van der Waals surface area (Å²) in [5, 5.41) is 13.3. The van der Waals surface area contributed by atoms with Crippen LogP contribution in [0.15, 0.2) is 16.5 Å². The first-order valence-corrected chi connectivity index (χ1v) is 6.41. The van der Waals surface area contributed by atoms with Crippen molar-refractivity contribution in [3.05, 3.63) is 28.0 Å². The summed E-state index contributed by atoms with van der Waals surface area (Å²) in [6.45, 7) is 0.0606. The lowest BCUT2D eigenvalue weighted by atomic mass is 9.84. The molecule has 1 aromatic rings. The molecule has 1 N–H and O–H groups in total.